The first kappa shape index (κ1) is 22.5. The van der Waals surface area contributed by atoms with Gasteiger partial charge in [0.2, 0.25) is 5.91 Å². The van der Waals surface area contributed by atoms with E-state index in [0.717, 1.165) is 50.8 Å². The van der Waals surface area contributed by atoms with Crippen LogP contribution >= 0.6 is 12.4 Å². The van der Waals surface area contributed by atoms with E-state index < -0.39 is 0 Å². The van der Waals surface area contributed by atoms with Crippen LogP contribution in [0.1, 0.15) is 68.6 Å². The molecule has 1 atom stereocenters. The second-order valence-electron chi connectivity index (χ2n) is 6.92. The van der Waals surface area contributed by atoms with Crippen LogP contribution < -0.4 is 11.1 Å². The van der Waals surface area contributed by atoms with Gasteiger partial charge >= 0.3 is 0 Å². The fourth-order valence-corrected chi connectivity index (χ4v) is 3.27. The minimum absolute atomic E-state index is 0. The number of rotatable bonds is 8. The summed E-state index contributed by atoms with van der Waals surface area (Å²) in [4.78, 5) is 26.5. The Morgan fingerprint density at radius 2 is 1.81 bits per heavy atom. The maximum Gasteiger partial charge on any atom is 0.254 e. The number of amides is 2. The molecule has 0 bridgehead atoms. The average molecular weight is 382 g/mol. The number of nitrogens with zero attached hydrogens (tertiary/aromatic N) is 1. The van der Waals surface area contributed by atoms with Crippen molar-refractivity contribution in [2.24, 2.45) is 5.73 Å². The van der Waals surface area contributed by atoms with Gasteiger partial charge in [-0.2, -0.15) is 0 Å². The molecule has 26 heavy (non-hydrogen) atoms. The van der Waals surface area contributed by atoms with Crippen molar-refractivity contribution < 1.29 is 9.59 Å². The molecule has 0 radical (unpaired) electrons. The van der Waals surface area contributed by atoms with Crippen molar-refractivity contribution in [3.63, 3.8) is 0 Å². The molecular weight excluding hydrogens is 350 g/mol. The van der Waals surface area contributed by atoms with Crippen molar-refractivity contribution in [2.75, 3.05) is 18.4 Å². The van der Waals surface area contributed by atoms with Crippen LogP contribution in [0.3, 0.4) is 0 Å². The van der Waals surface area contributed by atoms with E-state index in [4.69, 9.17) is 5.73 Å². The van der Waals surface area contributed by atoms with Gasteiger partial charge in [-0.05, 0) is 69.8 Å². The Balaban J connectivity index is 0.00000338. The van der Waals surface area contributed by atoms with Crippen LogP contribution in [0.15, 0.2) is 24.3 Å². The highest BCUT2D eigenvalue weighted by molar-refractivity contribution is 5.96. The molecule has 2 rings (SSSR count). The number of hydrogen-bond donors (Lipinski definition) is 2. The molecule has 0 saturated carbocycles. The Bertz CT molecular complexity index is 563. The molecule has 1 heterocycles. The van der Waals surface area contributed by atoms with Crippen LogP contribution in [0.25, 0.3) is 0 Å². The number of carbonyl (C=O) groups is 2. The maximum absolute atomic E-state index is 12.6. The van der Waals surface area contributed by atoms with Crippen molar-refractivity contribution in [3.05, 3.63) is 29.8 Å². The fourth-order valence-electron chi connectivity index (χ4n) is 3.27. The van der Waals surface area contributed by atoms with Gasteiger partial charge in [0.1, 0.15) is 0 Å². The number of piperidine rings is 1. The predicted molar refractivity (Wildman–Crippen MR) is 109 cm³/mol. The van der Waals surface area contributed by atoms with Crippen LogP contribution in [0, 0.1) is 0 Å². The molecule has 0 aliphatic carbocycles. The van der Waals surface area contributed by atoms with Crippen LogP contribution in [0.4, 0.5) is 5.69 Å². The SMILES string of the molecule is CC1CCCCN1C(=O)c1ccc(NC(=O)CCCCCCN)cc1.Cl. The van der Waals surface area contributed by atoms with E-state index in [1.54, 1.807) is 12.1 Å². The molecule has 0 spiro atoms. The molecule has 1 aromatic carbocycles. The number of benzene rings is 1. The topological polar surface area (TPSA) is 75.4 Å². The molecule has 1 fully saturated rings. The zero-order valence-electron chi connectivity index (χ0n) is 15.7. The van der Waals surface area contributed by atoms with E-state index in [-0.39, 0.29) is 24.2 Å². The molecule has 2 amide bonds. The Kier molecular flexibility index (Phi) is 10.3. The second-order valence-corrected chi connectivity index (χ2v) is 6.92. The number of unbranched alkanes of at least 4 members (excludes halogenated alkanes) is 3. The zero-order valence-corrected chi connectivity index (χ0v) is 16.5. The third-order valence-electron chi connectivity index (χ3n) is 4.84. The van der Waals surface area contributed by atoms with Crippen LogP contribution in [-0.2, 0) is 4.79 Å². The molecule has 146 valence electrons. The summed E-state index contributed by atoms with van der Waals surface area (Å²) in [6.07, 6.45) is 7.89. The van der Waals surface area contributed by atoms with Crippen LogP contribution in [0.2, 0.25) is 0 Å². The lowest BCUT2D eigenvalue weighted by Crippen LogP contribution is -2.42. The minimum atomic E-state index is 0. The molecule has 1 aliphatic rings. The molecular formula is C20H32ClN3O2. The zero-order chi connectivity index (χ0) is 18.1. The minimum Gasteiger partial charge on any atom is -0.336 e. The predicted octanol–water partition coefficient (Wildman–Crippen LogP) is 3.97. The van der Waals surface area contributed by atoms with Gasteiger partial charge in [-0.25, -0.2) is 0 Å². The number of halogens is 1. The van der Waals surface area contributed by atoms with Gasteiger partial charge in [0.25, 0.3) is 5.91 Å². The number of likely N-dealkylation sites (tertiary alicyclic amines) is 1. The van der Waals surface area contributed by atoms with Crippen molar-refractivity contribution >= 4 is 29.9 Å². The molecule has 0 aromatic heterocycles. The number of anilines is 1. The summed E-state index contributed by atoms with van der Waals surface area (Å²) >= 11 is 0. The number of carbonyl (C=O) groups excluding carboxylic acids is 2. The van der Waals surface area contributed by atoms with Gasteiger partial charge in [-0.15, -0.1) is 12.4 Å². The lowest BCUT2D eigenvalue weighted by molar-refractivity contribution is -0.116. The summed E-state index contributed by atoms with van der Waals surface area (Å²) in [5, 5.41) is 2.90. The van der Waals surface area contributed by atoms with Gasteiger partial charge in [0.05, 0.1) is 0 Å². The Hall–Kier alpha value is -1.59. The monoisotopic (exact) mass is 381 g/mol. The normalized spacial score (nSPS) is 16.7. The Morgan fingerprint density at radius 3 is 2.46 bits per heavy atom. The molecule has 1 aliphatic heterocycles. The first-order valence-electron chi connectivity index (χ1n) is 9.53. The van der Waals surface area contributed by atoms with Gasteiger partial charge in [0, 0.05) is 30.3 Å². The summed E-state index contributed by atoms with van der Waals surface area (Å²) in [5.41, 5.74) is 6.89. The highest BCUT2D eigenvalue weighted by atomic mass is 35.5. The molecule has 3 N–H and O–H groups in total. The van der Waals surface area contributed by atoms with Gasteiger partial charge < -0.3 is 16.0 Å². The van der Waals surface area contributed by atoms with E-state index >= 15 is 0 Å². The summed E-state index contributed by atoms with van der Waals surface area (Å²) < 4.78 is 0. The first-order valence-corrected chi connectivity index (χ1v) is 9.53. The van der Waals surface area contributed by atoms with Crippen molar-refractivity contribution in [1.29, 1.82) is 0 Å². The third kappa shape index (κ3) is 6.96. The largest absolute Gasteiger partial charge is 0.336 e. The quantitative estimate of drug-likeness (QED) is 0.669. The van der Waals surface area contributed by atoms with Gasteiger partial charge in [0.15, 0.2) is 0 Å². The summed E-state index contributed by atoms with van der Waals surface area (Å²) in [5.74, 6) is 0.112. The van der Waals surface area contributed by atoms with Crippen molar-refractivity contribution in [1.82, 2.24) is 4.90 Å². The van der Waals surface area contributed by atoms with E-state index in [1.807, 2.05) is 17.0 Å². The summed E-state index contributed by atoms with van der Waals surface area (Å²) in [6.45, 7) is 3.66. The third-order valence-corrected chi connectivity index (χ3v) is 4.84. The second kappa shape index (κ2) is 11.9. The lowest BCUT2D eigenvalue weighted by Gasteiger charge is -2.33. The van der Waals surface area contributed by atoms with Crippen LogP contribution in [-0.4, -0.2) is 35.8 Å². The summed E-state index contributed by atoms with van der Waals surface area (Å²) in [6, 6.07) is 7.54. The van der Waals surface area contributed by atoms with Crippen LogP contribution in [0.5, 0.6) is 0 Å². The van der Waals surface area contributed by atoms with E-state index in [1.165, 1.54) is 6.42 Å². The Labute approximate surface area is 163 Å². The van der Waals surface area contributed by atoms with Crippen molar-refractivity contribution in [2.45, 2.75) is 64.3 Å². The van der Waals surface area contributed by atoms with Gasteiger partial charge in [-0.3, -0.25) is 9.59 Å². The number of hydrogen-bond acceptors (Lipinski definition) is 3. The summed E-state index contributed by atoms with van der Waals surface area (Å²) in [7, 11) is 0. The van der Waals surface area contributed by atoms with Crippen molar-refractivity contribution in [3.8, 4) is 0 Å². The van der Waals surface area contributed by atoms with Gasteiger partial charge in [-0.1, -0.05) is 12.8 Å². The Morgan fingerprint density at radius 1 is 1.12 bits per heavy atom. The average Bonchev–Trinajstić information content (AvgIpc) is 2.62. The fraction of sp³-hybridized carbons (Fsp3) is 0.600. The molecule has 5 nitrogen and oxygen atoms in total. The smallest absolute Gasteiger partial charge is 0.254 e. The molecule has 1 saturated heterocycles. The molecule has 6 heteroatoms. The highest BCUT2D eigenvalue weighted by Gasteiger charge is 2.24. The van der Waals surface area contributed by atoms with E-state index in [9.17, 15) is 9.59 Å². The molecule has 1 aromatic rings. The maximum atomic E-state index is 12.6. The first-order chi connectivity index (χ1) is 12.1. The highest BCUT2D eigenvalue weighted by Crippen LogP contribution is 2.20. The number of nitrogens with two attached hydrogens (primary N) is 1. The molecule has 1 unspecified atom stereocenters. The van der Waals surface area contributed by atoms with E-state index in [0.29, 0.717) is 24.6 Å². The van der Waals surface area contributed by atoms with E-state index in [2.05, 4.69) is 12.2 Å². The lowest BCUT2D eigenvalue weighted by atomic mass is 10.0. The standard InChI is InChI=1S/C20H31N3O2.ClH/c1-16-8-5-7-15-23(16)20(25)17-10-12-18(13-11-17)22-19(24)9-4-2-3-6-14-21;/h10-13,16H,2-9,14-15,21H2,1H3,(H,22,24);1H. The number of nitrogens with one attached hydrogen (secondary N) is 1.